The molecule has 1 N–H and O–H groups in total. The monoisotopic (exact) mass is 297 g/mol. The second-order valence-electron chi connectivity index (χ2n) is 3.99. The molecular formula is C11H11N3O5S. The molecule has 8 nitrogen and oxygen atoms in total. The van der Waals surface area contributed by atoms with Crippen LogP contribution in [0.15, 0.2) is 35.4 Å². The Bertz CT molecular complexity index is 721. The number of nitrogens with one attached hydrogen (secondary N) is 1. The summed E-state index contributed by atoms with van der Waals surface area (Å²) >= 11 is 0. The summed E-state index contributed by atoms with van der Waals surface area (Å²) in [5.74, 6) is 0.469. The standard InChI is InChI=1S/C11H11N3O5S/c1-20(17,18)9-4-2-8(3-5-9)19-7-10-12-6-11(13-10)14(15)16/h2-6H,7H2,1H3,(H,12,13). The van der Waals surface area contributed by atoms with Crippen LogP contribution in [0.3, 0.4) is 0 Å². The maximum absolute atomic E-state index is 11.3. The van der Waals surface area contributed by atoms with Crippen molar-refractivity contribution in [2.75, 3.05) is 6.26 Å². The van der Waals surface area contributed by atoms with Gasteiger partial charge in [-0.05, 0) is 34.2 Å². The third-order valence-electron chi connectivity index (χ3n) is 2.43. The fourth-order valence-electron chi connectivity index (χ4n) is 1.45. The van der Waals surface area contributed by atoms with Crippen LogP contribution in [0.4, 0.5) is 5.82 Å². The Morgan fingerprint density at radius 2 is 2.00 bits per heavy atom. The van der Waals surface area contributed by atoms with Gasteiger partial charge in [0.15, 0.2) is 16.4 Å². The van der Waals surface area contributed by atoms with E-state index in [4.69, 9.17) is 4.74 Å². The second-order valence-corrected chi connectivity index (χ2v) is 6.01. The van der Waals surface area contributed by atoms with E-state index in [-0.39, 0.29) is 17.3 Å². The molecule has 0 saturated carbocycles. The van der Waals surface area contributed by atoms with Crippen LogP contribution in [0.1, 0.15) is 5.82 Å². The minimum absolute atomic E-state index is 0.0199. The summed E-state index contributed by atoms with van der Waals surface area (Å²) in [4.78, 5) is 16.4. The van der Waals surface area contributed by atoms with Gasteiger partial charge in [-0.3, -0.25) is 0 Å². The lowest BCUT2D eigenvalue weighted by molar-refractivity contribution is -0.389. The Kier molecular flexibility index (Phi) is 3.70. The highest BCUT2D eigenvalue weighted by molar-refractivity contribution is 7.90. The molecule has 2 rings (SSSR count). The quantitative estimate of drug-likeness (QED) is 0.657. The van der Waals surface area contributed by atoms with Gasteiger partial charge in [0.2, 0.25) is 0 Å². The van der Waals surface area contributed by atoms with Crippen molar-refractivity contribution in [3.05, 3.63) is 46.4 Å². The summed E-state index contributed by atoms with van der Waals surface area (Å²) in [6.07, 6.45) is 2.29. The molecule has 0 spiro atoms. The van der Waals surface area contributed by atoms with Crippen molar-refractivity contribution in [1.29, 1.82) is 0 Å². The Morgan fingerprint density at radius 3 is 2.50 bits per heavy atom. The zero-order valence-corrected chi connectivity index (χ0v) is 11.3. The number of hydrogen-bond acceptors (Lipinski definition) is 6. The number of H-pyrrole nitrogens is 1. The van der Waals surface area contributed by atoms with Crippen molar-refractivity contribution < 1.29 is 18.1 Å². The molecule has 1 aromatic carbocycles. The molecule has 0 aliphatic carbocycles. The van der Waals surface area contributed by atoms with E-state index >= 15 is 0 Å². The molecule has 2 aromatic rings. The van der Waals surface area contributed by atoms with Crippen LogP contribution in [-0.4, -0.2) is 29.6 Å². The molecule has 1 heterocycles. The normalized spacial score (nSPS) is 11.2. The van der Waals surface area contributed by atoms with Gasteiger partial charge < -0.3 is 19.8 Å². The van der Waals surface area contributed by atoms with Gasteiger partial charge in [-0.15, -0.1) is 0 Å². The number of sulfone groups is 1. The lowest BCUT2D eigenvalue weighted by atomic mass is 10.3. The summed E-state index contributed by atoms with van der Waals surface area (Å²) in [6.45, 7) is 0.0199. The Hall–Kier alpha value is -2.42. The van der Waals surface area contributed by atoms with Crippen molar-refractivity contribution in [1.82, 2.24) is 9.97 Å². The van der Waals surface area contributed by atoms with Crippen LogP contribution in [0, 0.1) is 10.1 Å². The minimum Gasteiger partial charge on any atom is -0.483 e. The van der Waals surface area contributed by atoms with Crippen LogP contribution in [-0.2, 0) is 16.4 Å². The third kappa shape index (κ3) is 3.32. The van der Waals surface area contributed by atoms with E-state index in [1.165, 1.54) is 30.5 Å². The number of rotatable bonds is 5. The van der Waals surface area contributed by atoms with Crippen molar-refractivity contribution in [3.8, 4) is 5.75 Å². The van der Waals surface area contributed by atoms with E-state index in [0.29, 0.717) is 11.6 Å². The lowest BCUT2D eigenvalue weighted by Crippen LogP contribution is -1.99. The number of ether oxygens (including phenoxy) is 1. The van der Waals surface area contributed by atoms with E-state index in [0.717, 1.165) is 6.26 Å². The predicted molar refractivity (Wildman–Crippen MR) is 69.1 cm³/mol. The van der Waals surface area contributed by atoms with E-state index in [1.54, 1.807) is 0 Å². The largest absolute Gasteiger partial charge is 0.483 e. The first-order valence-corrected chi connectivity index (χ1v) is 7.37. The average Bonchev–Trinajstić information content (AvgIpc) is 2.85. The van der Waals surface area contributed by atoms with Gasteiger partial charge >= 0.3 is 5.82 Å². The molecule has 0 bridgehead atoms. The number of nitro groups is 1. The van der Waals surface area contributed by atoms with Crippen LogP contribution >= 0.6 is 0 Å². The van der Waals surface area contributed by atoms with E-state index in [1.807, 2.05) is 0 Å². The first-order chi connectivity index (χ1) is 9.36. The molecule has 0 aliphatic heterocycles. The first-order valence-electron chi connectivity index (χ1n) is 5.48. The fourth-order valence-corrected chi connectivity index (χ4v) is 2.08. The zero-order chi connectivity index (χ0) is 14.8. The van der Waals surface area contributed by atoms with Crippen LogP contribution < -0.4 is 4.74 Å². The summed E-state index contributed by atoms with van der Waals surface area (Å²) in [6, 6.07) is 5.87. The van der Waals surface area contributed by atoms with E-state index < -0.39 is 14.8 Å². The highest BCUT2D eigenvalue weighted by atomic mass is 32.2. The second kappa shape index (κ2) is 5.29. The van der Waals surface area contributed by atoms with E-state index in [9.17, 15) is 18.5 Å². The van der Waals surface area contributed by atoms with Gasteiger partial charge in [0.05, 0.1) is 4.90 Å². The van der Waals surface area contributed by atoms with Gasteiger partial charge in [-0.25, -0.2) is 8.42 Å². The molecule has 106 valence electrons. The highest BCUT2D eigenvalue weighted by Crippen LogP contribution is 2.17. The summed E-state index contributed by atoms with van der Waals surface area (Å²) in [5, 5.41) is 10.4. The molecule has 20 heavy (non-hydrogen) atoms. The lowest BCUT2D eigenvalue weighted by Gasteiger charge is -2.03. The molecule has 9 heteroatoms. The first kappa shape index (κ1) is 14.0. The third-order valence-corrected chi connectivity index (χ3v) is 3.56. The van der Waals surface area contributed by atoms with Crippen molar-refractivity contribution in [3.63, 3.8) is 0 Å². The van der Waals surface area contributed by atoms with E-state index in [2.05, 4.69) is 9.97 Å². The minimum atomic E-state index is -3.24. The summed E-state index contributed by atoms with van der Waals surface area (Å²) in [7, 11) is -3.24. The van der Waals surface area contributed by atoms with Crippen molar-refractivity contribution in [2.45, 2.75) is 11.5 Å². The number of hydrogen-bond donors (Lipinski definition) is 1. The maximum Gasteiger partial charge on any atom is 0.381 e. The molecular weight excluding hydrogens is 286 g/mol. The number of benzene rings is 1. The smallest absolute Gasteiger partial charge is 0.381 e. The number of imidazole rings is 1. The predicted octanol–water partition coefficient (Wildman–Crippen LogP) is 1.30. The zero-order valence-electron chi connectivity index (χ0n) is 10.4. The molecule has 0 fully saturated rings. The van der Waals surface area contributed by atoms with Crippen molar-refractivity contribution >= 4 is 15.7 Å². The van der Waals surface area contributed by atoms with Crippen molar-refractivity contribution in [2.24, 2.45) is 0 Å². The molecule has 0 aliphatic rings. The number of aromatic nitrogens is 2. The molecule has 1 aromatic heterocycles. The summed E-state index contributed by atoms with van der Waals surface area (Å²) in [5.41, 5.74) is 0. The molecule has 0 radical (unpaired) electrons. The average molecular weight is 297 g/mol. The van der Waals surface area contributed by atoms with Crippen LogP contribution in [0.5, 0.6) is 5.75 Å². The van der Waals surface area contributed by atoms with Gasteiger partial charge in [0, 0.05) is 6.26 Å². The van der Waals surface area contributed by atoms with Gasteiger partial charge in [0.1, 0.15) is 11.9 Å². The Labute approximate surface area is 114 Å². The number of nitrogens with zero attached hydrogens (tertiary/aromatic N) is 2. The topological polar surface area (TPSA) is 115 Å². The molecule has 0 saturated heterocycles. The Balaban J connectivity index is 2.02. The summed E-state index contributed by atoms with van der Waals surface area (Å²) < 4.78 is 27.9. The molecule has 0 atom stereocenters. The SMILES string of the molecule is CS(=O)(=O)c1ccc(OCc2nc([N+](=O)[O-])c[nH]2)cc1. The Morgan fingerprint density at radius 1 is 1.35 bits per heavy atom. The fraction of sp³-hybridized carbons (Fsp3) is 0.182. The molecule has 0 amide bonds. The van der Waals surface area contributed by atoms with Crippen LogP contribution in [0.2, 0.25) is 0 Å². The van der Waals surface area contributed by atoms with Gasteiger partial charge in [-0.1, -0.05) is 0 Å². The van der Waals surface area contributed by atoms with Gasteiger partial charge in [-0.2, -0.15) is 0 Å². The van der Waals surface area contributed by atoms with Gasteiger partial charge in [0.25, 0.3) is 5.82 Å². The highest BCUT2D eigenvalue weighted by Gasteiger charge is 2.13. The number of aromatic amines is 1. The molecule has 0 unspecified atom stereocenters. The van der Waals surface area contributed by atoms with Crippen LogP contribution in [0.25, 0.3) is 0 Å². The maximum atomic E-state index is 11.3.